The number of nitro benzene ring substituents is 1. The molecule has 0 bridgehead atoms. The van der Waals surface area contributed by atoms with E-state index in [1.54, 1.807) is 29.2 Å². The molecular formula is C12H14N4O4. The van der Waals surface area contributed by atoms with Crippen LogP contribution in [0.25, 0.3) is 0 Å². The quantitative estimate of drug-likeness (QED) is 0.410. The largest absolute Gasteiger partial charge is 0.484 e. The maximum Gasteiger partial charge on any atom is 0.310 e. The molecule has 1 aromatic heterocycles. The molecule has 0 unspecified atom stereocenters. The number of nitro groups is 1. The molecule has 2 aromatic rings. The van der Waals surface area contributed by atoms with Crippen LogP contribution in [0.15, 0.2) is 36.9 Å². The number of hydrogen-bond acceptors (Lipinski definition) is 6. The molecule has 106 valence electrons. The molecule has 2 rings (SSSR count). The highest BCUT2D eigenvalue weighted by Crippen LogP contribution is 2.25. The van der Waals surface area contributed by atoms with Gasteiger partial charge in [-0.1, -0.05) is 12.1 Å². The number of ether oxygens (including phenoxy) is 2. The van der Waals surface area contributed by atoms with Gasteiger partial charge in [0.2, 0.25) is 0 Å². The van der Waals surface area contributed by atoms with Crippen LogP contribution in [-0.2, 0) is 11.3 Å². The summed E-state index contributed by atoms with van der Waals surface area (Å²) in [6.07, 6.45) is 3.06. The number of nitrogens with zero attached hydrogens (tertiary/aromatic N) is 4. The summed E-state index contributed by atoms with van der Waals surface area (Å²) in [6.45, 7) is 1.68. The summed E-state index contributed by atoms with van der Waals surface area (Å²) in [6, 6.07) is 6.25. The zero-order chi connectivity index (χ0) is 14.2. The van der Waals surface area contributed by atoms with E-state index in [1.807, 2.05) is 0 Å². The van der Waals surface area contributed by atoms with E-state index in [-0.39, 0.29) is 18.0 Å². The maximum atomic E-state index is 10.8. The van der Waals surface area contributed by atoms with E-state index >= 15 is 0 Å². The van der Waals surface area contributed by atoms with Gasteiger partial charge in [-0.15, -0.1) is 0 Å². The normalized spacial score (nSPS) is 10.4. The van der Waals surface area contributed by atoms with Crippen molar-refractivity contribution in [1.82, 2.24) is 14.8 Å². The van der Waals surface area contributed by atoms with Crippen molar-refractivity contribution in [3.63, 3.8) is 0 Å². The molecule has 0 aliphatic heterocycles. The van der Waals surface area contributed by atoms with E-state index in [9.17, 15) is 10.1 Å². The van der Waals surface area contributed by atoms with Gasteiger partial charge in [-0.3, -0.25) is 14.8 Å². The van der Waals surface area contributed by atoms with Gasteiger partial charge in [-0.2, -0.15) is 5.10 Å². The van der Waals surface area contributed by atoms with Gasteiger partial charge in [0.05, 0.1) is 24.7 Å². The SMILES string of the molecule is O=[N+]([O-])c1ccccc1OCCOCCn1cncn1. The highest BCUT2D eigenvalue weighted by atomic mass is 16.6. The van der Waals surface area contributed by atoms with E-state index in [4.69, 9.17) is 9.47 Å². The molecule has 8 heteroatoms. The fourth-order valence-corrected chi connectivity index (χ4v) is 1.55. The van der Waals surface area contributed by atoms with Gasteiger partial charge in [0.25, 0.3) is 0 Å². The van der Waals surface area contributed by atoms with Crippen LogP contribution in [0, 0.1) is 10.1 Å². The van der Waals surface area contributed by atoms with E-state index < -0.39 is 4.92 Å². The molecule has 0 aliphatic carbocycles. The molecule has 1 heterocycles. The minimum atomic E-state index is -0.471. The molecule has 0 N–H and O–H groups in total. The second-order valence-electron chi connectivity index (χ2n) is 3.84. The number of para-hydroxylation sites is 2. The fourth-order valence-electron chi connectivity index (χ4n) is 1.55. The van der Waals surface area contributed by atoms with Crippen molar-refractivity contribution in [2.45, 2.75) is 6.54 Å². The van der Waals surface area contributed by atoms with Crippen molar-refractivity contribution in [2.75, 3.05) is 19.8 Å². The lowest BCUT2D eigenvalue weighted by Gasteiger charge is -2.07. The van der Waals surface area contributed by atoms with Crippen LogP contribution in [0.4, 0.5) is 5.69 Å². The minimum absolute atomic E-state index is 0.0462. The molecule has 0 atom stereocenters. The maximum absolute atomic E-state index is 10.8. The van der Waals surface area contributed by atoms with Crippen molar-refractivity contribution in [2.24, 2.45) is 0 Å². The van der Waals surface area contributed by atoms with Crippen LogP contribution in [-0.4, -0.2) is 39.5 Å². The Morgan fingerprint density at radius 3 is 2.85 bits per heavy atom. The molecule has 0 fully saturated rings. The minimum Gasteiger partial charge on any atom is -0.484 e. The van der Waals surface area contributed by atoms with Gasteiger partial charge in [0, 0.05) is 6.07 Å². The number of aromatic nitrogens is 3. The van der Waals surface area contributed by atoms with Crippen molar-refractivity contribution >= 4 is 5.69 Å². The molecular weight excluding hydrogens is 264 g/mol. The third kappa shape index (κ3) is 4.02. The third-order valence-corrected chi connectivity index (χ3v) is 2.48. The summed E-state index contributed by atoms with van der Waals surface area (Å²) in [7, 11) is 0. The van der Waals surface area contributed by atoms with Gasteiger partial charge in [0.15, 0.2) is 5.75 Å². The molecule has 0 saturated heterocycles. The number of rotatable bonds is 8. The summed E-state index contributed by atoms with van der Waals surface area (Å²) in [5, 5.41) is 14.7. The Labute approximate surface area is 115 Å². The molecule has 0 radical (unpaired) electrons. The van der Waals surface area contributed by atoms with E-state index in [0.29, 0.717) is 19.8 Å². The average Bonchev–Trinajstić information content (AvgIpc) is 2.96. The molecule has 0 saturated carbocycles. The molecule has 0 amide bonds. The van der Waals surface area contributed by atoms with Crippen LogP contribution in [0.2, 0.25) is 0 Å². The summed E-state index contributed by atoms with van der Waals surface area (Å²) < 4.78 is 12.3. The third-order valence-electron chi connectivity index (χ3n) is 2.48. The van der Waals surface area contributed by atoms with Gasteiger partial charge in [-0.25, -0.2) is 4.98 Å². The van der Waals surface area contributed by atoms with Gasteiger partial charge >= 0.3 is 5.69 Å². The second-order valence-corrected chi connectivity index (χ2v) is 3.84. The Kier molecular flexibility index (Phi) is 5.01. The average molecular weight is 278 g/mol. The smallest absolute Gasteiger partial charge is 0.310 e. The van der Waals surface area contributed by atoms with Crippen molar-refractivity contribution < 1.29 is 14.4 Å². The van der Waals surface area contributed by atoms with Crippen LogP contribution >= 0.6 is 0 Å². The lowest BCUT2D eigenvalue weighted by Crippen LogP contribution is -2.12. The zero-order valence-electron chi connectivity index (χ0n) is 10.7. The molecule has 8 nitrogen and oxygen atoms in total. The highest BCUT2D eigenvalue weighted by molar-refractivity contribution is 5.45. The number of benzene rings is 1. The monoisotopic (exact) mass is 278 g/mol. The second kappa shape index (κ2) is 7.19. The zero-order valence-corrected chi connectivity index (χ0v) is 10.7. The summed E-state index contributed by atoms with van der Waals surface area (Å²) in [5.41, 5.74) is -0.0462. The predicted molar refractivity (Wildman–Crippen MR) is 69.4 cm³/mol. The van der Waals surface area contributed by atoms with Gasteiger partial charge in [0.1, 0.15) is 19.3 Å². The Hall–Kier alpha value is -2.48. The van der Waals surface area contributed by atoms with Crippen LogP contribution in [0.1, 0.15) is 0 Å². The van der Waals surface area contributed by atoms with Crippen molar-refractivity contribution in [3.8, 4) is 5.75 Å². The highest BCUT2D eigenvalue weighted by Gasteiger charge is 2.12. The fraction of sp³-hybridized carbons (Fsp3) is 0.333. The lowest BCUT2D eigenvalue weighted by atomic mass is 10.3. The molecule has 20 heavy (non-hydrogen) atoms. The van der Waals surface area contributed by atoms with Crippen molar-refractivity contribution in [1.29, 1.82) is 0 Å². The Morgan fingerprint density at radius 2 is 2.10 bits per heavy atom. The van der Waals surface area contributed by atoms with Crippen LogP contribution in [0.3, 0.4) is 0 Å². The number of hydrogen-bond donors (Lipinski definition) is 0. The van der Waals surface area contributed by atoms with Gasteiger partial charge in [-0.05, 0) is 6.07 Å². The summed E-state index contributed by atoms with van der Waals surface area (Å²) in [5.74, 6) is 0.248. The van der Waals surface area contributed by atoms with E-state index in [1.165, 1.54) is 12.4 Å². The molecule has 1 aromatic carbocycles. The molecule has 0 aliphatic rings. The van der Waals surface area contributed by atoms with E-state index in [0.717, 1.165) is 0 Å². The topological polar surface area (TPSA) is 92.3 Å². The Bertz CT molecular complexity index is 544. The van der Waals surface area contributed by atoms with Crippen LogP contribution in [0.5, 0.6) is 5.75 Å². The first kappa shape index (κ1) is 13.9. The standard InChI is InChI=1S/C12H14N4O4/c17-16(18)11-3-1-2-4-12(11)20-8-7-19-6-5-15-10-13-9-14-15/h1-4,9-10H,5-8H2. The van der Waals surface area contributed by atoms with Crippen molar-refractivity contribution in [3.05, 3.63) is 47.0 Å². The van der Waals surface area contributed by atoms with Gasteiger partial charge < -0.3 is 9.47 Å². The predicted octanol–water partition coefficient (Wildman–Crippen LogP) is 1.28. The summed E-state index contributed by atoms with van der Waals surface area (Å²) >= 11 is 0. The Morgan fingerprint density at radius 1 is 1.25 bits per heavy atom. The lowest BCUT2D eigenvalue weighted by molar-refractivity contribution is -0.385. The Balaban J connectivity index is 1.67. The van der Waals surface area contributed by atoms with Crippen LogP contribution < -0.4 is 4.74 Å². The first-order valence-corrected chi connectivity index (χ1v) is 6.04. The first-order valence-electron chi connectivity index (χ1n) is 6.04. The summed E-state index contributed by atoms with van der Waals surface area (Å²) in [4.78, 5) is 14.1. The van der Waals surface area contributed by atoms with E-state index in [2.05, 4.69) is 10.1 Å². The first-order chi connectivity index (χ1) is 9.77. The molecule has 0 spiro atoms.